The smallest absolute Gasteiger partial charge is 0.326 e. The maximum Gasteiger partial charge on any atom is 0.419 e. The Balaban J connectivity index is 3.88. The number of nitrogens with zero attached hydrogens (tertiary/aromatic N) is 1. The van der Waals surface area contributed by atoms with E-state index in [1.807, 2.05) is 0 Å². The second kappa shape index (κ2) is 5.17. The van der Waals surface area contributed by atoms with Crippen molar-refractivity contribution < 1.29 is 30.4 Å². The maximum atomic E-state index is 12.8. The second-order valence-electron chi connectivity index (χ2n) is 3.31. The maximum absolute atomic E-state index is 12.8. The largest absolute Gasteiger partial charge is 0.419 e. The van der Waals surface area contributed by atoms with Gasteiger partial charge in [0, 0.05) is 29.0 Å². The summed E-state index contributed by atoms with van der Waals surface area (Å²) in [6, 6.07) is 0. The summed E-state index contributed by atoms with van der Waals surface area (Å²) < 4.78 is 85.8. The summed E-state index contributed by atoms with van der Waals surface area (Å²) in [5, 5.41) is 0. The third kappa shape index (κ3) is 3.31. The van der Waals surface area contributed by atoms with Crippen molar-refractivity contribution >= 4 is 19.7 Å². The number of alkyl halides is 5. The first-order chi connectivity index (χ1) is 8.50. The molecule has 0 atom stereocenters. The van der Waals surface area contributed by atoms with Crippen LogP contribution in [-0.4, -0.2) is 13.4 Å². The molecule has 1 aromatic heterocycles. The lowest BCUT2D eigenvalue weighted by molar-refractivity contribution is -0.142. The molecule has 11 heteroatoms. The number of rotatable bonds is 3. The Morgan fingerprint density at radius 2 is 1.89 bits per heavy atom. The molecule has 0 unspecified atom stereocenters. The summed E-state index contributed by atoms with van der Waals surface area (Å²) in [4.78, 5) is 1.44. The van der Waals surface area contributed by atoms with Gasteiger partial charge in [-0.05, 0) is 0 Å². The zero-order chi connectivity index (χ0) is 15.0. The molecular formula is C8H6ClF5N2O2S. The Bertz CT molecular complexity index is 588. The average molecular weight is 325 g/mol. The first-order valence-corrected chi connectivity index (χ1v) is 6.83. The molecule has 4 nitrogen and oxygen atoms in total. The molecule has 0 bridgehead atoms. The van der Waals surface area contributed by atoms with E-state index in [0.717, 1.165) is 0 Å². The Morgan fingerprint density at radius 1 is 1.37 bits per heavy atom. The third-order valence-corrected chi connectivity index (χ3v) is 3.51. The van der Waals surface area contributed by atoms with Gasteiger partial charge < -0.3 is 5.73 Å². The number of halogens is 6. The van der Waals surface area contributed by atoms with Crippen LogP contribution in [-0.2, 0) is 21.8 Å². The van der Waals surface area contributed by atoms with E-state index < -0.39 is 49.9 Å². The predicted octanol–water partition coefficient (Wildman–Crippen LogP) is 2.42. The van der Waals surface area contributed by atoms with Crippen LogP contribution in [0.2, 0.25) is 0 Å². The van der Waals surface area contributed by atoms with Crippen molar-refractivity contribution in [2.24, 2.45) is 5.73 Å². The van der Waals surface area contributed by atoms with Gasteiger partial charge in [0.05, 0.1) is 0 Å². The first kappa shape index (κ1) is 16.1. The number of pyridine rings is 1. The van der Waals surface area contributed by atoms with Crippen molar-refractivity contribution in [3.8, 4) is 0 Å². The number of hydrogen-bond donors (Lipinski definition) is 1. The van der Waals surface area contributed by atoms with Crippen LogP contribution in [0.3, 0.4) is 0 Å². The third-order valence-electron chi connectivity index (χ3n) is 2.09. The lowest BCUT2D eigenvalue weighted by Crippen LogP contribution is -2.19. The summed E-state index contributed by atoms with van der Waals surface area (Å²) >= 11 is 0. The molecule has 0 aliphatic carbocycles. The summed E-state index contributed by atoms with van der Waals surface area (Å²) in [5.41, 5.74) is 0.689. The van der Waals surface area contributed by atoms with Crippen molar-refractivity contribution in [2.75, 3.05) is 0 Å². The van der Waals surface area contributed by atoms with Crippen molar-refractivity contribution in [2.45, 2.75) is 24.0 Å². The van der Waals surface area contributed by atoms with E-state index in [1.54, 1.807) is 0 Å². The summed E-state index contributed by atoms with van der Waals surface area (Å²) in [6.45, 7) is -0.652. The van der Waals surface area contributed by atoms with Crippen molar-refractivity contribution in [3.63, 3.8) is 0 Å². The lowest BCUT2D eigenvalue weighted by Gasteiger charge is -2.17. The Morgan fingerprint density at radius 3 is 2.21 bits per heavy atom. The van der Waals surface area contributed by atoms with E-state index in [1.165, 1.54) is 0 Å². The minimum absolute atomic E-state index is 0.534. The Kier molecular flexibility index (Phi) is 4.37. The average Bonchev–Trinajstić information content (AvgIpc) is 2.24. The minimum Gasteiger partial charge on any atom is -0.326 e. The molecule has 0 spiro atoms. The Labute approximate surface area is 108 Å². The van der Waals surface area contributed by atoms with Crippen LogP contribution in [0.4, 0.5) is 22.0 Å². The highest BCUT2D eigenvalue weighted by Gasteiger charge is 2.43. The van der Waals surface area contributed by atoms with Crippen LogP contribution < -0.4 is 5.73 Å². The van der Waals surface area contributed by atoms with E-state index in [4.69, 9.17) is 16.4 Å². The molecule has 108 valence electrons. The topological polar surface area (TPSA) is 73.0 Å². The molecule has 0 aliphatic rings. The minimum atomic E-state index is -5.36. The fourth-order valence-corrected chi connectivity index (χ4v) is 2.85. The van der Waals surface area contributed by atoms with Crippen LogP contribution in [0.15, 0.2) is 11.1 Å². The van der Waals surface area contributed by atoms with Crippen LogP contribution in [0.1, 0.15) is 23.2 Å². The quantitative estimate of drug-likeness (QED) is 0.684. The molecule has 0 fully saturated rings. The zero-order valence-corrected chi connectivity index (χ0v) is 10.5. The van der Waals surface area contributed by atoms with Gasteiger partial charge in [0.25, 0.3) is 15.5 Å². The summed E-state index contributed by atoms with van der Waals surface area (Å²) in [7, 11) is -0.0422. The van der Waals surface area contributed by atoms with Gasteiger partial charge in [0.1, 0.15) is 16.2 Å². The second-order valence-corrected chi connectivity index (χ2v) is 5.82. The predicted molar refractivity (Wildman–Crippen MR) is 55.1 cm³/mol. The van der Waals surface area contributed by atoms with Crippen molar-refractivity contribution in [1.29, 1.82) is 0 Å². The molecule has 0 aromatic carbocycles. The van der Waals surface area contributed by atoms with E-state index in [9.17, 15) is 30.4 Å². The van der Waals surface area contributed by atoms with E-state index >= 15 is 0 Å². The molecule has 2 N–H and O–H groups in total. The standard InChI is InChI=1S/C8H6ClF5N2O2S/c9-19(17,18)6-3(1-15)2-16-5(7(10)11)4(6)8(12,13)14/h2,7H,1,15H2. The number of hydrogen-bond acceptors (Lipinski definition) is 4. The molecule has 0 saturated carbocycles. The molecule has 1 aromatic rings. The molecule has 0 radical (unpaired) electrons. The fraction of sp³-hybridized carbons (Fsp3) is 0.375. The van der Waals surface area contributed by atoms with Gasteiger partial charge >= 0.3 is 6.18 Å². The van der Waals surface area contributed by atoms with Gasteiger partial charge in [0.2, 0.25) is 0 Å². The number of aromatic nitrogens is 1. The Hall–Kier alpha value is -1.00. The van der Waals surface area contributed by atoms with Gasteiger partial charge in [-0.25, -0.2) is 17.2 Å². The first-order valence-electron chi connectivity index (χ1n) is 4.52. The van der Waals surface area contributed by atoms with Crippen LogP contribution in [0, 0.1) is 0 Å². The van der Waals surface area contributed by atoms with Gasteiger partial charge in [-0.3, -0.25) is 4.98 Å². The van der Waals surface area contributed by atoms with E-state index in [2.05, 4.69) is 4.98 Å². The molecule has 0 aliphatic heterocycles. The van der Waals surface area contributed by atoms with Gasteiger partial charge in [-0.2, -0.15) is 13.2 Å². The molecular weight excluding hydrogens is 319 g/mol. The van der Waals surface area contributed by atoms with Gasteiger partial charge in [0.15, 0.2) is 0 Å². The molecule has 0 saturated heterocycles. The monoisotopic (exact) mass is 324 g/mol. The van der Waals surface area contributed by atoms with Crippen molar-refractivity contribution in [1.82, 2.24) is 4.98 Å². The lowest BCUT2D eigenvalue weighted by atomic mass is 10.1. The van der Waals surface area contributed by atoms with E-state index in [-0.39, 0.29) is 0 Å². The normalized spacial score (nSPS) is 13.1. The van der Waals surface area contributed by atoms with E-state index in [0.29, 0.717) is 6.20 Å². The molecule has 0 amide bonds. The highest BCUT2D eigenvalue weighted by Crippen LogP contribution is 2.41. The molecule has 1 rings (SSSR count). The summed E-state index contributed by atoms with van der Waals surface area (Å²) in [5.74, 6) is 0. The van der Waals surface area contributed by atoms with Crippen LogP contribution in [0.25, 0.3) is 0 Å². The molecule has 1 heterocycles. The fourth-order valence-electron chi connectivity index (χ4n) is 1.41. The highest BCUT2D eigenvalue weighted by atomic mass is 35.7. The van der Waals surface area contributed by atoms with Crippen molar-refractivity contribution in [3.05, 3.63) is 23.0 Å². The highest BCUT2D eigenvalue weighted by molar-refractivity contribution is 8.13. The summed E-state index contributed by atoms with van der Waals surface area (Å²) in [6.07, 6.45) is -8.44. The number of nitrogens with two attached hydrogens (primary N) is 1. The van der Waals surface area contributed by atoms with Crippen LogP contribution >= 0.6 is 10.7 Å². The van der Waals surface area contributed by atoms with Crippen LogP contribution in [0.5, 0.6) is 0 Å². The van der Waals surface area contributed by atoms with Gasteiger partial charge in [-0.15, -0.1) is 0 Å². The molecule has 19 heavy (non-hydrogen) atoms. The zero-order valence-electron chi connectivity index (χ0n) is 8.88. The van der Waals surface area contributed by atoms with Gasteiger partial charge in [-0.1, -0.05) is 0 Å². The SMILES string of the molecule is NCc1cnc(C(F)F)c(C(F)(F)F)c1S(=O)(=O)Cl.